The highest BCUT2D eigenvalue weighted by molar-refractivity contribution is 6.31. The molecule has 9 nitrogen and oxygen atoms in total. The SMILES string of the molecule is CC(C)c1ccccc1Cl.CC(C)c1ccnc(C(F)(F)F)c1.CC(C)c1ccnc(Cl)c1.CC(C)c1ccncc1.CC(C)c1ccncc1Cl.CC(C)c1ccncc1F.CC(C)c1ccncn1.Cc1ccc(C(C)C)cn1.Cc1ccccc1C(C)C.[C-]#[N+]c1ccccc1C(C)C. The average molecular weight is 1450 g/mol. The molecule has 7 heterocycles. The highest BCUT2D eigenvalue weighted by Gasteiger charge is 2.32. The molecule has 10 rings (SSSR count). The third-order valence-electron chi connectivity index (χ3n) is 15.2. The molecule has 0 saturated heterocycles. The van der Waals surface area contributed by atoms with Gasteiger partial charge in [0, 0.05) is 72.2 Å². The Bertz CT molecular complexity index is 3650. The molecule has 548 valence electrons. The van der Waals surface area contributed by atoms with Gasteiger partial charge in [0.25, 0.3) is 0 Å². The smallest absolute Gasteiger partial charge is 0.265 e. The molecule has 0 N–H and O–H groups in total. The van der Waals surface area contributed by atoms with Gasteiger partial charge in [0.2, 0.25) is 0 Å². The Labute approximate surface area is 624 Å². The number of benzene rings is 3. The van der Waals surface area contributed by atoms with Crippen molar-refractivity contribution in [3.63, 3.8) is 0 Å². The van der Waals surface area contributed by atoms with E-state index in [1.807, 2.05) is 132 Å². The lowest BCUT2D eigenvalue weighted by atomic mass is 9.99. The summed E-state index contributed by atoms with van der Waals surface area (Å²) in [5.74, 6) is 4.46. The maximum atomic E-state index is 12.8. The van der Waals surface area contributed by atoms with E-state index in [0.717, 1.165) is 49.9 Å². The number of para-hydroxylation sites is 1. The van der Waals surface area contributed by atoms with Crippen LogP contribution in [-0.2, 0) is 6.18 Å². The first-order chi connectivity index (χ1) is 48.0. The van der Waals surface area contributed by atoms with Crippen molar-refractivity contribution in [2.24, 2.45) is 0 Å². The number of nitrogens with zero attached hydrogens (tertiary/aromatic N) is 9. The summed E-state index contributed by atoms with van der Waals surface area (Å²) in [7, 11) is 0. The Hall–Kier alpha value is -8.28. The predicted octanol–water partition coefficient (Wildman–Crippen LogP) is 27.5. The molecule has 3 aromatic carbocycles. The average Bonchev–Trinajstić information content (AvgIpc) is 0.821. The fourth-order valence-corrected chi connectivity index (χ4v) is 9.79. The van der Waals surface area contributed by atoms with E-state index < -0.39 is 11.9 Å². The molecule has 16 heteroatoms. The van der Waals surface area contributed by atoms with Crippen LogP contribution >= 0.6 is 34.8 Å². The first-order valence-corrected chi connectivity index (χ1v) is 35.8. The first kappa shape index (κ1) is 91.7. The molecule has 0 bridgehead atoms. The maximum Gasteiger partial charge on any atom is 0.433 e. The van der Waals surface area contributed by atoms with E-state index >= 15 is 0 Å². The van der Waals surface area contributed by atoms with Gasteiger partial charge in [0.15, 0.2) is 5.69 Å². The van der Waals surface area contributed by atoms with Crippen molar-refractivity contribution in [2.45, 2.75) is 218 Å². The van der Waals surface area contributed by atoms with Crippen molar-refractivity contribution in [1.82, 2.24) is 39.9 Å². The summed E-state index contributed by atoms with van der Waals surface area (Å²) in [6, 6.07) is 44.7. The number of aryl methyl sites for hydroxylation is 2. The van der Waals surface area contributed by atoms with Crippen LogP contribution in [0.2, 0.25) is 15.2 Å². The molecule has 0 fully saturated rings. The number of hydrogen-bond acceptors (Lipinski definition) is 8. The van der Waals surface area contributed by atoms with Gasteiger partial charge in [-0.2, -0.15) is 13.2 Å². The van der Waals surface area contributed by atoms with Crippen LogP contribution < -0.4 is 0 Å². The molecule has 0 radical (unpaired) electrons. The summed E-state index contributed by atoms with van der Waals surface area (Å²) < 4.78 is 49.3. The zero-order valence-corrected chi connectivity index (χ0v) is 66.3. The lowest BCUT2D eigenvalue weighted by molar-refractivity contribution is -0.141. The Balaban J connectivity index is 0.000000567. The Morgan fingerprint density at radius 3 is 1.18 bits per heavy atom. The highest BCUT2D eigenvalue weighted by atomic mass is 35.5. The molecular formula is C86H110Cl3F4N9. The van der Waals surface area contributed by atoms with Crippen LogP contribution in [0.1, 0.15) is 270 Å². The van der Waals surface area contributed by atoms with Crippen LogP contribution in [0.25, 0.3) is 4.85 Å². The van der Waals surface area contributed by atoms with E-state index in [9.17, 15) is 17.6 Å². The molecule has 7 aromatic heterocycles. The van der Waals surface area contributed by atoms with E-state index in [4.69, 9.17) is 41.4 Å². The quantitative estimate of drug-likeness (QED) is 0.0757. The molecule has 10 aromatic rings. The van der Waals surface area contributed by atoms with Crippen LogP contribution in [0.4, 0.5) is 23.2 Å². The first-order valence-electron chi connectivity index (χ1n) is 34.7. The lowest BCUT2D eigenvalue weighted by Gasteiger charge is -2.09. The van der Waals surface area contributed by atoms with Gasteiger partial charge in [-0.3, -0.25) is 24.9 Å². The molecule has 102 heavy (non-hydrogen) atoms. The summed E-state index contributed by atoms with van der Waals surface area (Å²) in [6.07, 6.45) is 13.8. The van der Waals surface area contributed by atoms with Crippen LogP contribution in [0.5, 0.6) is 0 Å². The van der Waals surface area contributed by atoms with E-state index in [2.05, 4.69) is 205 Å². The van der Waals surface area contributed by atoms with Crippen LogP contribution in [0.15, 0.2) is 208 Å². The Morgan fingerprint density at radius 2 is 0.814 bits per heavy atom. The highest BCUT2D eigenvalue weighted by Crippen LogP contribution is 2.30. The number of aromatic nitrogens is 8. The van der Waals surface area contributed by atoms with Crippen molar-refractivity contribution in [1.29, 1.82) is 0 Å². The lowest BCUT2D eigenvalue weighted by Crippen LogP contribution is -2.08. The summed E-state index contributed by atoms with van der Waals surface area (Å²) in [4.78, 5) is 34.2. The van der Waals surface area contributed by atoms with Crippen LogP contribution in [-0.4, -0.2) is 39.9 Å². The van der Waals surface area contributed by atoms with E-state index in [1.165, 1.54) is 45.8 Å². The van der Waals surface area contributed by atoms with Crippen molar-refractivity contribution >= 4 is 40.5 Å². The molecule has 0 aliphatic rings. The van der Waals surface area contributed by atoms with Gasteiger partial charge in [-0.25, -0.2) is 24.2 Å². The summed E-state index contributed by atoms with van der Waals surface area (Å²) in [5, 5.41) is 2.21. The predicted molar refractivity (Wildman–Crippen MR) is 423 cm³/mol. The fourth-order valence-electron chi connectivity index (χ4n) is 8.91. The van der Waals surface area contributed by atoms with Crippen molar-refractivity contribution in [3.8, 4) is 0 Å². The Kier molecular flexibility index (Phi) is 45.1. The van der Waals surface area contributed by atoms with Gasteiger partial charge in [0.1, 0.15) is 23.0 Å². The molecule has 0 aliphatic heterocycles. The van der Waals surface area contributed by atoms with Crippen LogP contribution in [0, 0.1) is 26.2 Å². The standard InChI is InChI=1S/C10H11N.C10H14.C9H11Cl.C9H10F3N.C9H13N.2C8H10ClN.C8H10FN.C8H11N.C7H10N2/c1-8(2)9-6-4-5-7-10(9)11-3;1-8(2)10-7-5-4-6-9(10)3;1-7(2)8-5-3-4-6-9(8)10;1-6(2)7-3-4-13-8(5-7)9(10,11)12;1-7(2)9-5-4-8(3)10-6-9;1-6(2)7-3-4-10-5-8(7)9;1-6(2)7-3-4-10-8(9)5-7;1-6(2)7-3-4-10-5-8(7)9;1-7(2)8-3-5-9-6-4-8;1-6(2)7-3-4-8-5-9-7/h4-8H,1-2H3;4-8H,1-3H3;3-7H,1-2H3;3-6H,1-2H3;4-7H,1-3H3;3*3-6H,1-2H3;3-7H,1-2H3;3-6H,1-2H3. The molecule has 0 spiro atoms. The number of rotatable bonds is 10. The molecular weight excluding hydrogens is 1340 g/mol. The van der Waals surface area contributed by atoms with Gasteiger partial charge in [0.05, 0.1) is 17.8 Å². The van der Waals surface area contributed by atoms with Gasteiger partial charge >= 0.3 is 6.18 Å². The number of halogens is 7. The maximum absolute atomic E-state index is 12.8. The molecule has 0 saturated carbocycles. The zero-order valence-electron chi connectivity index (χ0n) is 64.1. The van der Waals surface area contributed by atoms with E-state index in [0.29, 0.717) is 58.1 Å². The monoisotopic (exact) mass is 1450 g/mol. The molecule has 0 atom stereocenters. The fraction of sp³-hybridized carbons (Fsp3) is 0.384. The third kappa shape index (κ3) is 38.1. The molecule has 0 unspecified atom stereocenters. The van der Waals surface area contributed by atoms with Crippen LogP contribution in [0.3, 0.4) is 0 Å². The zero-order chi connectivity index (χ0) is 77.1. The largest absolute Gasteiger partial charge is 0.433 e. The number of hydrogen-bond donors (Lipinski definition) is 0. The van der Waals surface area contributed by atoms with Crippen molar-refractivity contribution in [3.05, 3.63) is 313 Å². The number of alkyl halides is 3. The van der Waals surface area contributed by atoms with Crippen molar-refractivity contribution in [2.75, 3.05) is 0 Å². The summed E-state index contributed by atoms with van der Waals surface area (Å²) in [5.41, 5.74) is 13.8. The van der Waals surface area contributed by atoms with Gasteiger partial charge < -0.3 is 0 Å². The summed E-state index contributed by atoms with van der Waals surface area (Å²) >= 11 is 17.5. The Morgan fingerprint density at radius 1 is 0.363 bits per heavy atom. The van der Waals surface area contributed by atoms with E-state index in [1.54, 1.807) is 49.4 Å². The molecule has 0 aliphatic carbocycles. The van der Waals surface area contributed by atoms with Gasteiger partial charge in [-0.05, 0) is 195 Å². The second-order valence-electron chi connectivity index (χ2n) is 26.9. The number of pyridine rings is 6. The van der Waals surface area contributed by atoms with Crippen molar-refractivity contribution < 1.29 is 17.6 Å². The minimum atomic E-state index is -4.34. The van der Waals surface area contributed by atoms with Gasteiger partial charge in [-0.15, -0.1) is 0 Å². The minimum absolute atomic E-state index is 0.0871. The minimum Gasteiger partial charge on any atom is -0.265 e. The summed E-state index contributed by atoms with van der Waals surface area (Å²) in [6.45, 7) is 53.0. The second-order valence-corrected chi connectivity index (χ2v) is 28.1. The topological polar surface area (TPSA) is 107 Å². The second kappa shape index (κ2) is 50.1. The van der Waals surface area contributed by atoms with Gasteiger partial charge in [-0.1, -0.05) is 246 Å². The molecule has 0 amide bonds. The van der Waals surface area contributed by atoms with E-state index in [-0.39, 0.29) is 17.7 Å². The third-order valence-corrected chi connectivity index (χ3v) is 16.1. The normalized spacial score (nSPS) is 10.5.